The van der Waals surface area contributed by atoms with Gasteiger partial charge < -0.3 is 19.8 Å². The zero-order valence-electron chi connectivity index (χ0n) is 14.9. The maximum Gasteiger partial charge on any atom is 0.258 e. The van der Waals surface area contributed by atoms with Crippen molar-refractivity contribution < 1.29 is 18.7 Å². The third-order valence-corrected chi connectivity index (χ3v) is 6.32. The average molecular weight is 366 g/mol. The molecule has 3 saturated carbocycles. The molecule has 2 bridgehead atoms. The van der Waals surface area contributed by atoms with Crippen LogP contribution in [0, 0.1) is 17.8 Å². The molecule has 0 saturated heterocycles. The molecule has 2 N–H and O–H groups in total. The molecule has 0 unspecified atom stereocenters. The minimum Gasteiger partial charge on any atom is -0.467 e. The van der Waals surface area contributed by atoms with Crippen LogP contribution in [0.15, 0.2) is 47.1 Å². The Kier molecular flexibility index (Phi) is 3.74. The standard InChI is InChI=1S/C21H22N2O4/c24-19(22-12-15-4-3-9-26-15)17-10-14-8-7-13(17)11-21(14)23-20(25)16-5-1-2-6-18(16)27-21/h1-6,9,13-14,17H,7-8,10-12H2,(H,22,24)(H,23,25)/t13-,14-,17+,21-/m1/s1. The Morgan fingerprint density at radius 1 is 1.22 bits per heavy atom. The molecule has 140 valence electrons. The Morgan fingerprint density at radius 3 is 2.89 bits per heavy atom. The molecule has 27 heavy (non-hydrogen) atoms. The van der Waals surface area contributed by atoms with Crippen molar-refractivity contribution in [1.82, 2.24) is 10.6 Å². The molecule has 1 aliphatic heterocycles. The number of benzene rings is 1. The van der Waals surface area contributed by atoms with Crippen LogP contribution in [0.3, 0.4) is 0 Å². The van der Waals surface area contributed by atoms with Gasteiger partial charge in [-0.25, -0.2) is 0 Å². The summed E-state index contributed by atoms with van der Waals surface area (Å²) < 4.78 is 11.6. The SMILES string of the molecule is O=C1N[C@]2(C[C@H]3CC[C@@H]2C[C@@H]3C(=O)NCc2ccco2)Oc2ccccc21. The van der Waals surface area contributed by atoms with Gasteiger partial charge in [-0.3, -0.25) is 9.59 Å². The number of carbonyl (C=O) groups is 2. The van der Waals surface area contributed by atoms with Gasteiger partial charge >= 0.3 is 0 Å². The van der Waals surface area contributed by atoms with Crippen molar-refractivity contribution in [3.05, 3.63) is 54.0 Å². The first-order valence-electron chi connectivity index (χ1n) is 9.55. The molecule has 2 heterocycles. The molecule has 1 aromatic heterocycles. The van der Waals surface area contributed by atoms with Gasteiger partial charge in [-0.05, 0) is 49.4 Å². The van der Waals surface area contributed by atoms with E-state index in [4.69, 9.17) is 9.15 Å². The summed E-state index contributed by atoms with van der Waals surface area (Å²) in [7, 11) is 0. The van der Waals surface area contributed by atoms with Crippen LogP contribution in [0.1, 0.15) is 41.8 Å². The zero-order valence-corrected chi connectivity index (χ0v) is 14.9. The Labute approximate surface area is 157 Å². The van der Waals surface area contributed by atoms with Gasteiger partial charge in [0.05, 0.1) is 18.4 Å². The molecular weight excluding hydrogens is 344 g/mol. The van der Waals surface area contributed by atoms with Crippen molar-refractivity contribution in [3.8, 4) is 5.75 Å². The number of hydrogen-bond acceptors (Lipinski definition) is 4. The molecule has 2 amide bonds. The Bertz CT molecular complexity index is 878. The van der Waals surface area contributed by atoms with Gasteiger partial charge in [-0.2, -0.15) is 0 Å². The maximum atomic E-state index is 12.7. The molecule has 6 nitrogen and oxygen atoms in total. The molecule has 1 spiro atoms. The van der Waals surface area contributed by atoms with E-state index in [1.165, 1.54) is 0 Å². The van der Waals surface area contributed by atoms with Gasteiger partial charge in [0, 0.05) is 18.3 Å². The third-order valence-electron chi connectivity index (χ3n) is 6.32. The van der Waals surface area contributed by atoms with E-state index >= 15 is 0 Å². The van der Waals surface area contributed by atoms with Crippen molar-refractivity contribution >= 4 is 11.8 Å². The highest BCUT2D eigenvalue weighted by atomic mass is 16.5. The van der Waals surface area contributed by atoms with E-state index < -0.39 is 5.72 Å². The molecular formula is C21H22N2O4. The summed E-state index contributed by atoms with van der Waals surface area (Å²) in [5, 5.41) is 6.12. The Hall–Kier alpha value is -2.76. The maximum absolute atomic E-state index is 12.7. The van der Waals surface area contributed by atoms with Crippen LogP contribution < -0.4 is 15.4 Å². The molecule has 6 rings (SSSR count). The van der Waals surface area contributed by atoms with E-state index in [2.05, 4.69) is 10.6 Å². The Balaban J connectivity index is 1.32. The van der Waals surface area contributed by atoms with Crippen molar-refractivity contribution in [2.75, 3.05) is 0 Å². The second kappa shape index (κ2) is 6.15. The first-order valence-corrected chi connectivity index (χ1v) is 9.55. The minimum absolute atomic E-state index is 0.0398. The summed E-state index contributed by atoms with van der Waals surface area (Å²) >= 11 is 0. The number of furan rings is 1. The van der Waals surface area contributed by atoms with Gasteiger partial charge in [-0.15, -0.1) is 0 Å². The topological polar surface area (TPSA) is 80.6 Å². The monoisotopic (exact) mass is 366 g/mol. The third kappa shape index (κ3) is 2.71. The molecule has 4 aliphatic rings. The lowest BCUT2D eigenvalue weighted by Crippen LogP contribution is -2.66. The smallest absolute Gasteiger partial charge is 0.258 e. The van der Waals surface area contributed by atoms with Gasteiger partial charge in [0.2, 0.25) is 5.91 Å². The first kappa shape index (κ1) is 16.4. The fourth-order valence-electron chi connectivity index (χ4n) is 5.00. The molecule has 6 heteroatoms. The second-order valence-electron chi connectivity index (χ2n) is 7.82. The summed E-state index contributed by atoms with van der Waals surface area (Å²) in [5.41, 5.74) is -0.0936. The van der Waals surface area contributed by atoms with Gasteiger partial charge in [0.25, 0.3) is 5.91 Å². The van der Waals surface area contributed by atoms with E-state index in [1.54, 1.807) is 12.3 Å². The van der Waals surface area contributed by atoms with Crippen molar-refractivity contribution in [1.29, 1.82) is 0 Å². The molecule has 3 aliphatic carbocycles. The number of para-hydroxylation sites is 1. The fraction of sp³-hybridized carbons (Fsp3) is 0.429. The van der Waals surface area contributed by atoms with Crippen LogP contribution >= 0.6 is 0 Å². The molecule has 4 atom stereocenters. The molecule has 3 fully saturated rings. The number of amides is 2. The number of carbonyl (C=O) groups excluding carboxylic acids is 2. The summed E-state index contributed by atoms with van der Waals surface area (Å²) in [4.78, 5) is 25.3. The van der Waals surface area contributed by atoms with Crippen molar-refractivity contribution in [3.63, 3.8) is 0 Å². The Morgan fingerprint density at radius 2 is 2.11 bits per heavy atom. The molecule has 2 aromatic rings. The predicted octanol–water partition coefficient (Wildman–Crippen LogP) is 2.85. The lowest BCUT2D eigenvalue weighted by Gasteiger charge is -2.55. The zero-order chi connectivity index (χ0) is 18.4. The van der Waals surface area contributed by atoms with Crippen molar-refractivity contribution in [2.24, 2.45) is 17.8 Å². The van der Waals surface area contributed by atoms with Crippen LogP contribution in [0.5, 0.6) is 5.75 Å². The van der Waals surface area contributed by atoms with E-state index in [0.29, 0.717) is 24.3 Å². The minimum atomic E-state index is -0.674. The summed E-state index contributed by atoms with van der Waals surface area (Å²) in [6.45, 7) is 0.408. The van der Waals surface area contributed by atoms with Crippen LogP contribution in [0.4, 0.5) is 0 Å². The quantitative estimate of drug-likeness (QED) is 0.875. The largest absolute Gasteiger partial charge is 0.467 e. The van der Waals surface area contributed by atoms with Crippen LogP contribution in [0.25, 0.3) is 0 Å². The van der Waals surface area contributed by atoms with Gasteiger partial charge in [0.1, 0.15) is 11.5 Å². The highest BCUT2D eigenvalue weighted by Gasteiger charge is 2.57. The lowest BCUT2D eigenvalue weighted by molar-refractivity contribution is -0.146. The van der Waals surface area contributed by atoms with Crippen LogP contribution in [-0.2, 0) is 11.3 Å². The number of hydrogen-bond donors (Lipinski definition) is 2. The van der Waals surface area contributed by atoms with Crippen molar-refractivity contribution in [2.45, 2.75) is 38.0 Å². The summed E-state index contributed by atoms with van der Waals surface area (Å²) in [6.07, 6.45) is 4.98. The number of rotatable bonds is 3. The van der Waals surface area contributed by atoms with Crippen LogP contribution in [-0.4, -0.2) is 17.5 Å². The number of fused-ring (bicyclic) bond motifs is 3. The van der Waals surface area contributed by atoms with E-state index in [9.17, 15) is 9.59 Å². The second-order valence-corrected chi connectivity index (χ2v) is 7.82. The summed E-state index contributed by atoms with van der Waals surface area (Å²) in [5.74, 6) is 1.69. The average Bonchev–Trinajstić information content (AvgIpc) is 3.20. The fourth-order valence-corrected chi connectivity index (χ4v) is 5.00. The lowest BCUT2D eigenvalue weighted by atomic mass is 9.60. The summed E-state index contributed by atoms with van der Waals surface area (Å²) in [6, 6.07) is 11.0. The molecule has 0 radical (unpaired) electrons. The van der Waals surface area contributed by atoms with E-state index in [0.717, 1.165) is 25.0 Å². The highest BCUT2D eigenvalue weighted by molar-refractivity contribution is 5.98. The van der Waals surface area contributed by atoms with Gasteiger partial charge in [-0.1, -0.05) is 12.1 Å². The van der Waals surface area contributed by atoms with Crippen LogP contribution in [0.2, 0.25) is 0 Å². The first-order chi connectivity index (χ1) is 13.1. The normalized spacial score (nSPS) is 31.1. The highest BCUT2D eigenvalue weighted by Crippen LogP contribution is 2.52. The molecule has 1 aromatic carbocycles. The van der Waals surface area contributed by atoms with E-state index in [1.807, 2.05) is 30.3 Å². The number of ether oxygens (including phenoxy) is 1. The number of nitrogens with one attached hydrogen (secondary N) is 2. The van der Waals surface area contributed by atoms with Gasteiger partial charge in [0.15, 0.2) is 5.72 Å². The van der Waals surface area contributed by atoms with E-state index in [-0.39, 0.29) is 29.6 Å². The predicted molar refractivity (Wildman–Crippen MR) is 96.8 cm³/mol.